The van der Waals surface area contributed by atoms with Crippen LogP contribution < -0.4 is 4.90 Å². The third-order valence-electron chi connectivity index (χ3n) is 3.72. The molecule has 1 aliphatic heterocycles. The van der Waals surface area contributed by atoms with Crippen LogP contribution in [0.1, 0.15) is 38.3 Å². The SMILES string of the molecule is CCN1c2cccc(C(F)(F)F)c2CC1CC(C)(C)O. The van der Waals surface area contributed by atoms with Gasteiger partial charge in [-0.1, -0.05) is 6.07 Å². The van der Waals surface area contributed by atoms with Crippen molar-refractivity contribution in [2.75, 3.05) is 11.4 Å². The van der Waals surface area contributed by atoms with Crippen LogP contribution in [0, 0.1) is 0 Å². The zero-order chi connectivity index (χ0) is 15.1. The van der Waals surface area contributed by atoms with Gasteiger partial charge in [0.05, 0.1) is 11.2 Å². The Morgan fingerprint density at radius 2 is 1.95 bits per heavy atom. The van der Waals surface area contributed by atoms with E-state index in [1.807, 2.05) is 11.8 Å². The van der Waals surface area contributed by atoms with E-state index in [0.29, 0.717) is 30.6 Å². The standard InChI is InChI=1S/C15H20F3NO/c1-4-19-10(9-14(2,3)20)8-11-12(15(16,17)18)6-5-7-13(11)19/h5-7,10,20H,4,8-9H2,1-3H3. The second-order valence-electron chi connectivity index (χ2n) is 5.96. The second-order valence-corrected chi connectivity index (χ2v) is 5.96. The number of hydrogen-bond acceptors (Lipinski definition) is 2. The Hall–Kier alpha value is -1.23. The molecule has 112 valence electrons. The molecule has 0 aromatic heterocycles. The first-order valence-corrected chi connectivity index (χ1v) is 6.81. The predicted octanol–water partition coefficient (Wildman–Crippen LogP) is 3.62. The van der Waals surface area contributed by atoms with Crippen molar-refractivity contribution in [1.82, 2.24) is 0 Å². The number of alkyl halides is 3. The average molecular weight is 287 g/mol. The Balaban J connectivity index is 2.40. The highest BCUT2D eigenvalue weighted by molar-refractivity contribution is 5.62. The molecule has 0 bridgehead atoms. The highest BCUT2D eigenvalue weighted by Crippen LogP contribution is 2.42. The molecule has 1 N–H and O–H groups in total. The van der Waals surface area contributed by atoms with Crippen molar-refractivity contribution in [3.8, 4) is 0 Å². The Morgan fingerprint density at radius 3 is 2.45 bits per heavy atom. The molecule has 0 radical (unpaired) electrons. The fraction of sp³-hybridized carbons (Fsp3) is 0.600. The number of fused-ring (bicyclic) bond motifs is 1. The summed E-state index contributed by atoms with van der Waals surface area (Å²) >= 11 is 0. The van der Waals surface area contributed by atoms with Gasteiger partial charge >= 0.3 is 6.18 Å². The highest BCUT2D eigenvalue weighted by atomic mass is 19.4. The van der Waals surface area contributed by atoms with E-state index in [9.17, 15) is 18.3 Å². The number of likely N-dealkylation sites (N-methyl/N-ethyl adjacent to an activating group) is 1. The Morgan fingerprint density at radius 1 is 1.30 bits per heavy atom. The smallest absolute Gasteiger partial charge is 0.390 e. The van der Waals surface area contributed by atoms with Gasteiger partial charge in [-0.05, 0) is 51.3 Å². The first kappa shape index (κ1) is 15.2. The third kappa shape index (κ3) is 2.92. The molecule has 0 fully saturated rings. The monoisotopic (exact) mass is 287 g/mol. The van der Waals surface area contributed by atoms with E-state index < -0.39 is 17.3 Å². The zero-order valence-corrected chi connectivity index (χ0v) is 12.0. The van der Waals surface area contributed by atoms with Gasteiger partial charge in [-0.2, -0.15) is 13.2 Å². The molecular formula is C15H20F3NO. The summed E-state index contributed by atoms with van der Waals surface area (Å²) in [5.41, 5.74) is -0.433. The van der Waals surface area contributed by atoms with Crippen LogP contribution >= 0.6 is 0 Å². The molecule has 1 aliphatic rings. The van der Waals surface area contributed by atoms with Gasteiger partial charge in [0.1, 0.15) is 0 Å². The van der Waals surface area contributed by atoms with E-state index >= 15 is 0 Å². The lowest BCUT2D eigenvalue weighted by Crippen LogP contribution is -2.38. The fourth-order valence-electron chi connectivity index (χ4n) is 3.05. The number of hydrogen-bond donors (Lipinski definition) is 1. The van der Waals surface area contributed by atoms with E-state index in [1.165, 1.54) is 6.07 Å². The summed E-state index contributed by atoms with van der Waals surface area (Å²) in [6.45, 7) is 5.94. The van der Waals surface area contributed by atoms with Gasteiger partial charge in [-0.25, -0.2) is 0 Å². The van der Waals surface area contributed by atoms with Gasteiger partial charge in [0.2, 0.25) is 0 Å². The van der Waals surface area contributed by atoms with Gasteiger partial charge in [-0.15, -0.1) is 0 Å². The van der Waals surface area contributed by atoms with Crippen molar-refractivity contribution in [3.63, 3.8) is 0 Å². The fourth-order valence-corrected chi connectivity index (χ4v) is 3.05. The van der Waals surface area contributed by atoms with Crippen LogP contribution in [0.5, 0.6) is 0 Å². The van der Waals surface area contributed by atoms with Crippen molar-refractivity contribution in [3.05, 3.63) is 29.3 Å². The topological polar surface area (TPSA) is 23.5 Å². The van der Waals surface area contributed by atoms with E-state index in [0.717, 1.165) is 6.07 Å². The Labute approximate surface area is 117 Å². The van der Waals surface area contributed by atoms with Crippen molar-refractivity contribution in [1.29, 1.82) is 0 Å². The first-order chi connectivity index (χ1) is 9.13. The van der Waals surface area contributed by atoms with Crippen molar-refractivity contribution >= 4 is 5.69 Å². The second kappa shape index (κ2) is 4.95. The molecular weight excluding hydrogens is 267 g/mol. The molecule has 0 saturated heterocycles. The summed E-state index contributed by atoms with van der Waals surface area (Å²) in [6, 6.07) is 4.24. The largest absolute Gasteiger partial charge is 0.416 e. The molecule has 0 saturated carbocycles. The number of aliphatic hydroxyl groups is 1. The molecule has 2 rings (SSSR count). The van der Waals surface area contributed by atoms with Crippen LogP contribution in [-0.2, 0) is 12.6 Å². The number of halogens is 3. The van der Waals surface area contributed by atoms with E-state index in [-0.39, 0.29) is 6.04 Å². The molecule has 2 nitrogen and oxygen atoms in total. The molecule has 0 spiro atoms. The lowest BCUT2D eigenvalue weighted by Gasteiger charge is -2.30. The quantitative estimate of drug-likeness (QED) is 0.918. The molecule has 1 aromatic rings. The first-order valence-electron chi connectivity index (χ1n) is 6.81. The van der Waals surface area contributed by atoms with Crippen LogP contribution in [0.4, 0.5) is 18.9 Å². The highest BCUT2D eigenvalue weighted by Gasteiger charge is 2.40. The summed E-state index contributed by atoms with van der Waals surface area (Å²) in [6.07, 6.45) is -3.54. The maximum atomic E-state index is 13.1. The molecule has 1 aromatic carbocycles. The van der Waals surface area contributed by atoms with Crippen molar-refractivity contribution in [2.45, 2.75) is 51.4 Å². The van der Waals surface area contributed by atoms with Crippen molar-refractivity contribution in [2.24, 2.45) is 0 Å². The van der Waals surface area contributed by atoms with Crippen LogP contribution in [-0.4, -0.2) is 23.3 Å². The molecule has 20 heavy (non-hydrogen) atoms. The maximum absolute atomic E-state index is 13.1. The van der Waals surface area contributed by atoms with E-state index in [2.05, 4.69) is 0 Å². The van der Waals surface area contributed by atoms with E-state index in [4.69, 9.17) is 0 Å². The van der Waals surface area contributed by atoms with Crippen LogP contribution in [0.25, 0.3) is 0 Å². The molecule has 1 atom stereocenters. The lowest BCUT2D eigenvalue weighted by molar-refractivity contribution is -0.138. The summed E-state index contributed by atoms with van der Waals surface area (Å²) in [7, 11) is 0. The van der Waals surface area contributed by atoms with Gasteiger partial charge in [0.25, 0.3) is 0 Å². The molecule has 0 amide bonds. The summed E-state index contributed by atoms with van der Waals surface area (Å²) in [4.78, 5) is 1.96. The van der Waals surface area contributed by atoms with Gasteiger partial charge in [0.15, 0.2) is 0 Å². The number of rotatable bonds is 3. The zero-order valence-electron chi connectivity index (χ0n) is 12.0. The normalized spacial score (nSPS) is 19.4. The number of benzene rings is 1. The molecule has 5 heteroatoms. The Bertz CT molecular complexity index is 491. The van der Waals surface area contributed by atoms with Crippen LogP contribution in [0.2, 0.25) is 0 Å². The minimum atomic E-state index is -4.33. The number of anilines is 1. The van der Waals surface area contributed by atoms with Crippen LogP contribution in [0.15, 0.2) is 18.2 Å². The molecule has 1 heterocycles. The van der Waals surface area contributed by atoms with Crippen LogP contribution in [0.3, 0.4) is 0 Å². The van der Waals surface area contributed by atoms with Gasteiger partial charge in [0, 0.05) is 18.3 Å². The lowest BCUT2D eigenvalue weighted by atomic mass is 9.95. The van der Waals surface area contributed by atoms with Gasteiger partial charge < -0.3 is 10.0 Å². The molecule has 1 unspecified atom stereocenters. The van der Waals surface area contributed by atoms with Crippen molar-refractivity contribution < 1.29 is 18.3 Å². The average Bonchev–Trinajstić information content (AvgIpc) is 2.61. The Kier molecular flexibility index (Phi) is 3.75. The molecule has 0 aliphatic carbocycles. The summed E-state index contributed by atoms with van der Waals surface area (Å²) in [5.74, 6) is 0. The third-order valence-corrected chi connectivity index (χ3v) is 3.72. The summed E-state index contributed by atoms with van der Waals surface area (Å²) in [5, 5.41) is 9.95. The predicted molar refractivity (Wildman–Crippen MR) is 72.9 cm³/mol. The minimum Gasteiger partial charge on any atom is -0.390 e. The number of nitrogens with zero attached hydrogens (tertiary/aromatic N) is 1. The minimum absolute atomic E-state index is 0.0847. The maximum Gasteiger partial charge on any atom is 0.416 e. The van der Waals surface area contributed by atoms with E-state index in [1.54, 1.807) is 19.9 Å². The van der Waals surface area contributed by atoms with Gasteiger partial charge in [-0.3, -0.25) is 0 Å². The summed E-state index contributed by atoms with van der Waals surface area (Å²) < 4.78 is 39.2.